The van der Waals surface area contributed by atoms with Gasteiger partial charge in [-0.1, -0.05) is 44.2 Å². The van der Waals surface area contributed by atoms with E-state index in [1.807, 2.05) is 58.0 Å². The molecule has 4 saturated carbocycles. The van der Waals surface area contributed by atoms with Crippen LogP contribution in [0.15, 0.2) is 33.8 Å². The second kappa shape index (κ2) is 10.9. The molecular formula is C29H43MoN2O-. The summed E-state index contributed by atoms with van der Waals surface area (Å²) in [5, 5.41) is 9.21. The van der Waals surface area contributed by atoms with Crippen molar-refractivity contribution in [1.29, 1.82) is 0 Å². The van der Waals surface area contributed by atoms with E-state index < -0.39 is 0 Å². The van der Waals surface area contributed by atoms with Crippen LogP contribution in [0.2, 0.25) is 0 Å². The maximum Gasteiger partial charge on any atom is 0.121 e. The number of phenols is 1. The van der Waals surface area contributed by atoms with E-state index in [2.05, 4.69) is 30.2 Å². The molecule has 182 valence electrons. The third kappa shape index (κ3) is 7.84. The van der Waals surface area contributed by atoms with E-state index in [4.69, 9.17) is 3.50 Å². The minimum atomic E-state index is -0.214. The number of phenolic OH excluding ortho intramolecular Hbond substituents is 1. The van der Waals surface area contributed by atoms with E-state index in [0.717, 1.165) is 40.3 Å². The van der Waals surface area contributed by atoms with E-state index >= 15 is 0 Å². The predicted octanol–water partition coefficient (Wildman–Crippen LogP) is 7.34. The van der Waals surface area contributed by atoms with Crippen molar-refractivity contribution in [3.8, 4) is 5.75 Å². The Balaban J connectivity index is 0.000000160. The third-order valence-corrected chi connectivity index (χ3v) is 10.2. The third-order valence-electron chi connectivity index (χ3n) is 7.02. The van der Waals surface area contributed by atoms with Gasteiger partial charge in [0.15, 0.2) is 0 Å². The van der Waals surface area contributed by atoms with Gasteiger partial charge >= 0.3 is 114 Å². The number of aromatic nitrogens is 1. The van der Waals surface area contributed by atoms with Crippen molar-refractivity contribution in [3.63, 3.8) is 0 Å². The minimum Gasteiger partial charge on any atom is -0.665 e. The average molecular weight is 532 g/mol. The van der Waals surface area contributed by atoms with Crippen LogP contribution in [0, 0.1) is 50.9 Å². The first-order valence-electron chi connectivity index (χ1n) is 12.5. The summed E-state index contributed by atoms with van der Waals surface area (Å²) in [4.78, 5) is 4.11. The summed E-state index contributed by atoms with van der Waals surface area (Å²) in [5.41, 5.74) is 4.95. The van der Waals surface area contributed by atoms with E-state index in [0.29, 0.717) is 16.7 Å². The fourth-order valence-electron chi connectivity index (χ4n) is 5.87. The summed E-state index contributed by atoms with van der Waals surface area (Å²) < 4.78 is 7.80. The molecule has 1 aromatic carbocycles. The van der Waals surface area contributed by atoms with E-state index in [1.54, 1.807) is 0 Å². The minimum absolute atomic E-state index is 0.214. The molecule has 0 spiro atoms. The molecule has 3 nitrogen and oxygen atoms in total. The number of para-hydroxylation sites is 1. The second-order valence-corrected chi connectivity index (χ2v) is 13.3. The molecule has 1 aromatic heterocycles. The Morgan fingerprint density at radius 2 is 1.33 bits per heavy atom. The van der Waals surface area contributed by atoms with Crippen LogP contribution in [0.1, 0.15) is 81.8 Å². The maximum atomic E-state index is 9.21. The number of benzene rings is 1. The zero-order chi connectivity index (χ0) is 24.2. The normalized spacial score (nSPS) is 27.1. The molecule has 0 atom stereocenters. The molecule has 33 heavy (non-hydrogen) atoms. The smallest absolute Gasteiger partial charge is 0.121 e. The van der Waals surface area contributed by atoms with Crippen LogP contribution >= 0.6 is 0 Å². The number of aryl methyl sites for hydroxylation is 4. The van der Waals surface area contributed by atoms with Gasteiger partial charge in [0.2, 0.25) is 0 Å². The van der Waals surface area contributed by atoms with Crippen molar-refractivity contribution in [2.75, 3.05) is 0 Å². The molecule has 4 aliphatic rings. The number of rotatable bonds is 1. The van der Waals surface area contributed by atoms with Crippen molar-refractivity contribution in [2.24, 2.45) is 26.7 Å². The van der Waals surface area contributed by atoms with E-state index in [1.165, 1.54) is 38.5 Å². The molecule has 0 aliphatic heterocycles. The predicted molar refractivity (Wildman–Crippen MR) is 136 cm³/mol. The Morgan fingerprint density at radius 1 is 0.879 bits per heavy atom. The molecule has 4 heteroatoms. The van der Waals surface area contributed by atoms with Gasteiger partial charge in [0.1, 0.15) is 5.75 Å². The van der Waals surface area contributed by atoms with E-state index in [-0.39, 0.29) is 17.9 Å². The quantitative estimate of drug-likeness (QED) is 0.392. The molecular weight excluding hydrogens is 488 g/mol. The fraction of sp³-hybridized carbons (Fsp3) is 0.621. The van der Waals surface area contributed by atoms with Gasteiger partial charge in [0, 0.05) is 0 Å². The second-order valence-electron chi connectivity index (χ2n) is 11.8. The molecule has 0 saturated heterocycles. The molecule has 6 rings (SSSR count). The van der Waals surface area contributed by atoms with Crippen molar-refractivity contribution in [1.82, 2.24) is 4.98 Å². The molecule has 4 fully saturated rings. The number of aromatic hydroxyl groups is 1. The first-order valence-corrected chi connectivity index (χ1v) is 14.5. The zero-order valence-electron chi connectivity index (χ0n) is 21.7. The summed E-state index contributed by atoms with van der Waals surface area (Å²) in [6, 6.07) is 9.74. The van der Waals surface area contributed by atoms with Crippen LogP contribution in [0.25, 0.3) is 0 Å². The van der Waals surface area contributed by atoms with Gasteiger partial charge in [0.05, 0.1) is 0 Å². The summed E-state index contributed by atoms with van der Waals surface area (Å²) in [5.74, 6) is 3.56. The Labute approximate surface area is 209 Å². The summed E-state index contributed by atoms with van der Waals surface area (Å²) in [6.07, 6.45) is 8.96. The Bertz CT molecular complexity index is 919. The first-order chi connectivity index (χ1) is 15.4. The topological polar surface area (TPSA) is 46.7 Å². The maximum absolute atomic E-state index is 9.21. The van der Waals surface area contributed by atoms with Gasteiger partial charge in [-0.05, 0) is 25.0 Å². The summed E-state index contributed by atoms with van der Waals surface area (Å²) in [7, 11) is 0. The van der Waals surface area contributed by atoms with E-state index in [9.17, 15) is 5.11 Å². The van der Waals surface area contributed by atoms with Crippen LogP contribution in [-0.2, 0) is 17.9 Å². The van der Waals surface area contributed by atoms with Crippen LogP contribution in [0.5, 0.6) is 5.75 Å². The van der Waals surface area contributed by atoms with Gasteiger partial charge in [-0.25, -0.2) is 0 Å². The van der Waals surface area contributed by atoms with Crippen molar-refractivity contribution >= 4 is 4.40 Å². The van der Waals surface area contributed by atoms with Gasteiger partial charge in [-0.15, -0.1) is 0 Å². The SMILES string of the molecule is CC(C)(C)[CH]=[Mo]=[N]C12CC3CC(CC(C3)C1)C2.Cc1ccc(C)[n-]1.Cc1cccc(C)c1O. The average Bonchev–Trinajstić information content (AvgIpc) is 3.07. The Morgan fingerprint density at radius 3 is 1.67 bits per heavy atom. The van der Waals surface area contributed by atoms with Crippen molar-refractivity contribution in [2.45, 2.75) is 92.5 Å². The first kappa shape index (κ1) is 26.3. The van der Waals surface area contributed by atoms with Gasteiger partial charge in [-0.2, -0.15) is 11.4 Å². The number of hydrogen-bond acceptors (Lipinski definition) is 2. The Kier molecular flexibility index (Phi) is 8.70. The van der Waals surface area contributed by atoms with Crippen LogP contribution in [0.4, 0.5) is 0 Å². The fourth-order valence-corrected chi connectivity index (χ4v) is 7.88. The van der Waals surface area contributed by atoms with Crippen LogP contribution < -0.4 is 4.98 Å². The number of nitrogens with zero attached hydrogens (tertiary/aromatic N) is 2. The van der Waals surface area contributed by atoms with Crippen LogP contribution in [0.3, 0.4) is 0 Å². The molecule has 4 bridgehead atoms. The standard InChI is InChI=1S/C10H15N.C8H10O.C6H8N.C5H10.Mo/c11-10-4-7-1-8(5-10)3-9(2-7)6-10;1-6-4-3-5-7(2)8(6)9;1-5-3-4-6(2)7-5;1-5(2,3)4;/h7-9H,1-6H2;3-5,9H,1-2H3;3-4H,1-2H3;1H,2-4H3;/q;;-1;;. The van der Waals surface area contributed by atoms with Crippen LogP contribution in [-0.4, -0.2) is 15.0 Å². The molecule has 0 amide bonds. The Hall–Kier alpha value is -1.34. The largest absolute Gasteiger partial charge is 0.665 e. The van der Waals surface area contributed by atoms with Gasteiger partial charge in [-0.3, -0.25) is 0 Å². The monoisotopic (exact) mass is 533 g/mol. The molecule has 0 unspecified atom stereocenters. The molecule has 4 aliphatic carbocycles. The zero-order valence-corrected chi connectivity index (χ0v) is 23.7. The van der Waals surface area contributed by atoms with Crippen molar-refractivity contribution in [3.05, 3.63) is 52.8 Å². The number of hydrogen-bond donors (Lipinski definition) is 1. The van der Waals surface area contributed by atoms with Gasteiger partial charge in [0.25, 0.3) is 0 Å². The van der Waals surface area contributed by atoms with Gasteiger partial charge < -0.3 is 10.1 Å². The summed E-state index contributed by atoms with van der Waals surface area (Å²) in [6.45, 7) is 14.7. The molecule has 1 heterocycles. The van der Waals surface area contributed by atoms with Crippen molar-refractivity contribution < 1.29 is 23.0 Å². The molecule has 1 N–H and O–H groups in total. The summed E-state index contributed by atoms with van der Waals surface area (Å²) >= 11 is -0.214. The molecule has 2 aromatic rings. The molecule has 0 radical (unpaired) electrons.